The molecule has 1 N–H and O–H groups in total. The molecule has 0 radical (unpaired) electrons. The second-order valence-corrected chi connectivity index (χ2v) is 7.82. The first-order valence-corrected chi connectivity index (χ1v) is 10.6. The van der Waals surface area contributed by atoms with Gasteiger partial charge in [-0.2, -0.15) is 0 Å². The molecule has 1 aromatic carbocycles. The molecule has 2 aliphatic rings. The quantitative estimate of drug-likeness (QED) is 0.518. The fraction of sp³-hybridized carbons (Fsp3) is 0.636. The highest BCUT2D eigenvalue weighted by atomic mass is 16.5. The lowest BCUT2D eigenvalue weighted by Crippen LogP contribution is -3.17. The van der Waals surface area contributed by atoms with Crippen LogP contribution in [-0.4, -0.2) is 50.8 Å². The van der Waals surface area contributed by atoms with Crippen molar-refractivity contribution in [3.63, 3.8) is 0 Å². The zero-order chi connectivity index (χ0) is 19.9. The molecule has 0 unspecified atom stereocenters. The average molecular weight is 390 g/mol. The Balaban J connectivity index is 1.56. The lowest BCUT2D eigenvalue weighted by atomic mass is 10.0. The molecule has 3 rings (SSSR count). The number of unbranched alkanes of at least 4 members (excludes halogenated alkanes) is 3. The molecule has 2 amide bonds. The molecule has 2 aliphatic heterocycles. The van der Waals surface area contributed by atoms with E-state index >= 15 is 0 Å². The lowest BCUT2D eigenvalue weighted by Gasteiger charge is -2.31. The van der Waals surface area contributed by atoms with E-state index in [1.54, 1.807) is 7.11 Å². The number of quaternary nitrogens is 1. The third kappa shape index (κ3) is 4.92. The first kappa shape index (κ1) is 20.8. The molecule has 28 heavy (non-hydrogen) atoms. The molecule has 0 spiro atoms. The van der Waals surface area contributed by atoms with Gasteiger partial charge in [0.05, 0.1) is 37.9 Å². The summed E-state index contributed by atoms with van der Waals surface area (Å²) in [6.45, 7) is 4.64. The Hall–Kier alpha value is -1.92. The molecule has 154 valence electrons. The zero-order valence-corrected chi connectivity index (χ0v) is 17.1. The number of hydrogen-bond donors (Lipinski definition) is 1. The third-order valence-corrected chi connectivity index (χ3v) is 5.91. The summed E-state index contributed by atoms with van der Waals surface area (Å²) in [4.78, 5) is 28.1. The van der Waals surface area contributed by atoms with Gasteiger partial charge < -0.3 is 14.4 Å². The van der Waals surface area contributed by atoms with E-state index in [1.165, 1.54) is 29.1 Å². The van der Waals surface area contributed by atoms with Crippen LogP contribution in [0.1, 0.15) is 51.9 Å². The van der Waals surface area contributed by atoms with Crippen molar-refractivity contribution in [3.8, 4) is 5.75 Å². The van der Waals surface area contributed by atoms with Crippen LogP contribution in [0.4, 0.5) is 5.69 Å². The average Bonchev–Trinajstić information content (AvgIpc) is 3.02. The van der Waals surface area contributed by atoms with Crippen LogP contribution in [0.25, 0.3) is 0 Å². The predicted molar refractivity (Wildman–Crippen MR) is 108 cm³/mol. The Morgan fingerprint density at radius 2 is 1.79 bits per heavy atom. The number of benzene rings is 1. The molecule has 2 saturated heterocycles. The number of nitrogens with zero attached hydrogens (tertiary/aromatic N) is 1. The van der Waals surface area contributed by atoms with Crippen molar-refractivity contribution in [2.45, 2.75) is 64.0 Å². The van der Waals surface area contributed by atoms with E-state index < -0.39 is 0 Å². The van der Waals surface area contributed by atoms with Gasteiger partial charge in [-0.15, -0.1) is 0 Å². The van der Waals surface area contributed by atoms with E-state index in [0.717, 1.165) is 38.1 Å². The molecule has 0 aromatic heterocycles. The fourth-order valence-corrected chi connectivity index (χ4v) is 4.18. The largest absolute Gasteiger partial charge is 0.494 e. The number of carbonyl (C=O) groups is 2. The SMILES string of the molecule is CCCCCCOc1ccc(N2C(=O)C[C@H]([NH+]3CCC(OC)CC3)C2=O)cc1. The molecule has 1 aromatic rings. The number of carbonyl (C=O) groups excluding carboxylic acids is 2. The highest BCUT2D eigenvalue weighted by molar-refractivity contribution is 6.21. The Kier molecular flexibility index (Phi) is 7.45. The second-order valence-electron chi connectivity index (χ2n) is 7.82. The zero-order valence-electron chi connectivity index (χ0n) is 17.1. The second kappa shape index (κ2) is 10.0. The van der Waals surface area contributed by atoms with Crippen LogP contribution in [0.15, 0.2) is 24.3 Å². The summed E-state index contributed by atoms with van der Waals surface area (Å²) in [5.74, 6) is 0.594. The maximum absolute atomic E-state index is 12.9. The molecule has 2 heterocycles. The molecule has 6 nitrogen and oxygen atoms in total. The number of piperidine rings is 1. The smallest absolute Gasteiger partial charge is 0.292 e. The maximum Gasteiger partial charge on any atom is 0.292 e. The molecule has 6 heteroatoms. The van der Waals surface area contributed by atoms with Gasteiger partial charge in [-0.1, -0.05) is 26.2 Å². The molecule has 0 aliphatic carbocycles. The predicted octanol–water partition coefficient (Wildman–Crippen LogP) is 1.97. The van der Waals surface area contributed by atoms with Gasteiger partial charge in [0.25, 0.3) is 5.91 Å². The lowest BCUT2D eigenvalue weighted by molar-refractivity contribution is -0.920. The van der Waals surface area contributed by atoms with Gasteiger partial charge in [0.1, 0.15) is 5.75 Å². The van der Waals surface area contributed by atoms with Gasteiger partial charge in [-0.25, -0.2) is 4.90 Å². The van der Waals surface area contributed by atoms with E-state index in [2.05, 4.69) is 6.92 Å². The number of hydrogen-bond acceptors (Lipinski definition) is 4. The number of anilines is 1. The Morgan fingerprint density at radius 1 is 1.07 bits per heavy atom. The van der Waals surface area contributed by atoms with Gasteiger partial charge in [-0.05, 0) is 30.7 Å². The molecule has 0 saturated carbocycles. The number of nitrogens with one attached hydrogen (secondary N) is 1. The van der Waals surface area contributed by atoms with Crippen LogP contribution in [0, 0.1) is 0 Å². The van der Waals surface area contributed by atoms with E-state index in [1.807, 2.05) is 24.3 Å². The molecular formula is C22H33N2O4+. The van der Waals surface area contributed by atoms with Crippen molar-refractivity contribution in [2.24, 2.45) is 0 Å². The van der Waals surface area contributed by atoms with Gasteiger partial charge in [0.15, 0.2) is 6.04 Å². The molecule has 2 fully saturated rings. The van der Waals surface area contributed by atoms with Crippen LogP contribution in [0.3, 0.4) is 0 Å². The van der Waals surface area contributed by atoms with Crippen molar-refractivity contribution >= 4 is 17.5 Å². The van der Waals surface area contributed by atoms with Crippen LogP contribution in [0.2, 0.25) is 0 Å². The number of methoxy groups -OCH3 is 1. The summed E-state index contributed by atoms with van der Waals surface area (Å²) < 4.78 is 11.2. The van der Waals surface area contributed by atoms with Crippen molar-refractivity contribution in [1.82, 2.24) is 0 Å². The number of imide groups is 1. The van der Waals surface area contributed by atoms with Gasteiger partial charge in [0, 0.05) is 20.0 Å². The number of amides is 2. The molecule has 1 atom stereocenters. The third-order valence-electron chi connectivity index (χ3n) is 5.91. The molecule has 0 bridgehead atoms. The van der Waals surface area contributed by atoms with Crippen molar-refractivity contribution in [2.75, 3.05) is 31.7 Å². The van der Waals surface area contributed by atoms with E-state index in [0.29, 0.717) is 18.7 Å². The van der Waals surface area contributed by atoms with E-state index in [9.17, 15) is 9.59 Å². The summed E-state index contributed by atoms with van der Waals surface area (Å²) in [7, 11) is 1.74. The first-order chi connectivity index (χ1) is 13.6. The minimum Gasteiger partial charge on any atom is -0.494 e. The standard InChI is InChI=1S/C22H32N2O4/c1-3-4-5-6-15-28-19-9-7-17(8-10-19)24-21(25)16-20(22(24)26)23-13-11-18(27-2)12-14-23/h7-10,18,20H,3-6,11-16H2,1-2H3/p+1/t20-/m0/s1. The van der Waals surface area contributed by atoms with E-state index in [4.69, 9.17) is 9.47 Å². The topological polar surface area (TPSA) is 60.3 Å². The number of likely N-dealkylation sites (tertiary alicyclic amines) is 1. The van der Waals surface area contributed by atoms with Gasteiger partial charge in [0.2, 0.25) is 5.91 Å². The first-order valence-electron chi connectivity index (χ1n) is 10.6. The van der Waals surface area contributed by atoms with Gasteiger partial charge >= 0.3 is 0 Å². The van der Waals surface area contributed by atoms with Crippen LogP contribution >= 0.6 is 0 Å². The summed E-state index contributed by atoms with van der Waals surface area (Å²) in [6, 6.07) is 7.05. The number of ether oxygens (including phenoxy) is 2. The Bertz CT molecular complexity index is 653. The van der Waals surface area contributed by atoms with Crippen molar-refractivity contribution < 1.29 is 24.0 Å². The Morgan fingerprint density at radius 3 is 2.43 bits per heavy atom. The summed E-state index contributed by atoms with van der Waals surface area (Å²) in [5, 5.41) is 0. The maximum atomic E-state index is 12.9. The van der Waals surface area contributed by atoms with Crippen molar-refractivity contribution in [1.29, 1.82) is 0 Å². The highest BCUT2D eigenvalue weighted by Gasteiger charge is 2.46. The highest BCUT2D eigenvalue weighted by Crippen LogP contribution is 2.25. The van der Waals surface area contributed by atoms with Crippen LogP contribution in [-0.2, 0) is 14.3 Å². The Labute approximate surface area is 167 Å². The summed E-state index contributed by atoms with van der Waals surface area (Å²) in [6.07, 6.45) is 7.11. The minimum absolute atomic E-state index is 0.0795. The van der Waals surface area contributed by atoms with E-state index in [-0.39, 0.29) is 24.0 Å². The minimum atomic E-state index is -0.264. The monoisotopic (exact) mass is 389 g/mol. The summed E-state index contributed by atoms with van der Waals surface area (Å²) in [5.41, 5.74) is 0.641. The number of rotatable bonds is 9. The fourth-order valence-electron chi connectivity index (χ4n) is 4.18. The van der Waals surface area contributed by atoms with Crippen LogP contribution < -0.4 is 14.5 Å². The van der Waals surface area contributed by atoms with Crippen LogP contribution in [0.5, 0.6) is 5.75 Å². The summed E-state index contributed by atoms with van der Waals surface area (Å²) >= 11 is 0. The molecular weight excluding hydrogens is 356 g/mol. The normalized spacial score (nSPS) is 25.4. The van der Waals surface area contributed by atoms with Crippen molar-refractivity contribution in [3.05, 3.63) is 24.3 Å². The van der Waals surface area contributed by atoms with Gasteiger partial charge in [-0.3, -0.25) is 9.59 Å².